The molecule has 0 saturated carbocycles. The third kappa shape index (κ3) is 2.59. The summed E-state index contributed by atoms with van der Waals surface area (Å²) in [6.45, 7) is 2.25. The first kappa shape index (κ1) is 12.7. The van der Waals surface area contributed by atoms with Crippen LogP contribution >= 0.6 is 0 Å². The van der Waals surface area contributed by atoms with Gasteiger partial charge in [-0.25, -0.2) is 13.1 Å². The van der Waals surface area contributed by atoms with E-state index in [2.05, 4.69) is 0 Å². The summed E-state index contributed by atoms with van der Waals surface area (Å²) in [5.41, 5.74) is 0.220. The zero-order valence-electron chi connectivity index (χ0n) is 8.80. The van der Waals surface area contributed by atoms with Gasteiger partial charge in [-0.15, -0.1) is 0 Å². The van der Waals surface area contributed by atoms with E-state index < -0.39 is 15.9 Å². The van der Waals surface area contributed by atoms with E-state index in [1.807, 2.05) is 11.6 Å². The second-order valence-corrected chi connectivity index (χ2v) is 4.81. The van der Waals surface area contributed by atoms with Crippen molar-refractivity contribution >= 4 is 15.9 Å². The third-order valence-electron chi connectivity index (χ3n) is 1.87. The van der Waals surface area contributed by atoms with Gasteiger partial charge in [-0.2, -0.15) is 0 Å². The first-order chi connectivity index (χ1) is 7.53. The van der Waals surface area contributed by atoms with Gasteiger partial charge in [0, 0.05) is 6.61 Å². The van der Waals surface area contributed by atoms with Crippen molar-refractivity contribution in [1.29, 1.82) is 0 Å². The number of carbonyl (C=O) groups is 1. The zero-order valence-corrected chi connectivity index (χ0v) is 9.62. The molecule has 0 bridgehead atoms. The van der Waals surface area contributed by atoms with Crippen molar-refractivity contribution in [3.05, 3.63) is 29.8 Å². The summed E-state index contributed by atoms with van der Waals surface area (Å²) in [4.78, 5) is 11.1. The number of aliphatic hydroxyl groups is 1. The maximum absolute atomic E-state index is 11.1. The lowest BCUT2D eigenvalue weighted by molar-refractivity contribution is 0.0985. The molecule has 1 aromatic carbocycles. The fourth-order valence-corrected chi connectivity index (χ4v) is 2.29. The van der Waals surface area contributed by atoms with Gasteiger partial charge < -0.3 is 5.11 Å². The van der Waals surface area contributed by atoms with E-state index in [9.17, 15) is 13.2 Å². The zero-order chi connectivity index (χ0) is 12.2. The van der Waals surface area contributed by atoms with Crippen molar-refractivity contribution in [2.45, 2.75) is 18.2 Å². The Morgan fingerprint density at radius 2 is 1.88 bits per heavy atom. The molecule has 16 heavy (non-hydrogen) atoms. The molecule has 5 nitrogen and oxygen atoms in total. The fraction of sp³-hybridized carbons (Fsp3) is 0.300. The molecule has 6 heteroatoms. The molecule has 1 aliphatic rings. The number of hydrogen-bond donors (Lipinski definition) is 2. The Labute approximate surface area is 94.2 Å². The number of hydrogen-bond acceptors (Lipinski definition) is 4. The molecule has 0 saturated heterocycles. The Balaban J connectivity index is 0.000000280. The molecule has 0 radical (unpaired) electrons. The van der Waals surface area contributed by atoms with Crippen molar-refractivity contribution in [3.63, 3.8) is 0 Å². The molecule has 0 fully saturated rings. The quantitative estimate of drug-likeness (QED) is 0.752. The van der Waals surface area contributed by atoms with Crippen LogP contribution in [-0.4, -0.2) is 26.0 Å². The van der Waals surface area contributed by atoms with E-state index in [4.69, 9.17) is 5.11 Å². The van der Waals surface area contributed by atoms with Gasteiger partial charge in [0.2, 0.25) is 0 Å². The predicted molar refractivity (Wildman–Crippen MR) is 58.5 cm³/mol. The summed E-state index contributed by atoms with van der Waals surface area (Å²) >= 11 is 0. The lowest BCUT2D eigenvalue weighted by Gasteiger charge is -1.91. The van der Waals surface area contributed by atoms with Crippen LogP contribution in [-0.2, 0) is 10.0 Å². The van der Waals surface area contributed by atoms with Crippen LogP contribution in [0.25, 0.3) is 0 Å². The van der Waals surface area contributed by atoms with Crippen LogP contribution in [0.2, 0.25) is 0 Å². The molecular formula is C10H13NO4S. The number of carbonyl (C=O) groups excluding carboxylic acids is 1. The summed E-state index contributed by atoms with van der Waals surface area (Å²) in [6, 6.07) is 6.09. The van der Waals surface area contributed by atoms with E-state index in [1.165, 1.54) is 12.1 Å². The predicted octanol–water partition coefficient (Wildman–Crippen LogP) is 0.507. The van der Waals surface area contributed by atoms with Crippen LogP contribution in [0.1, 0.15) is 23.7 Å². The minimum atomic E-state index is -3.55. The number of rotatable bonds is 1. The van der Waals surface area contributed by atoms with Crippen LogP contribution in [0.3, 0.4) is 0 Å². The number of nitrogens with one attached hydrogen (secondary N) is 1. The smallest absolute Gasteiger partial charge is 0.266 e. The molecule has 2 N–H and O–H groups in total. The second-order valence-electron chi connectivity index (χ2n) is 3.15. The first-order valence-corrected chi connectivity index (χ1v) is 6.28. The lowest BCUT2D eigenvalue weighted by atomic mass is 10.2. The number of amides is 1. The summed E-state index contributed by atoms with van der Waals surface area (Å²) in [5.74, 6) is -0.550. The standard InChI is InChI=1S/C7H5NO3S.C3H8O/c9-7-5-3-1-2-4-6(5)12(10,11)8-7;1-2-3-4/h1-4H,(H,8,9);4H,2-3H2,1H3. The van der Waals surface area contributed by atoms with Gasteiger partial charge in [0.25, 0.3) is 15.9 Å². The van der Waals surface area contributed by atoms with E-state index in [0.29, 0.717) is 6.61 Å². The Bertz CT molecular complexity index is 479. The average Bonchev–Trinajstić information content (AvgIpc) is 2.51. The number of fused-ring (bicyclic) bond motifs is 1. The van der Waals surface area contributed by atoms with E-state index in [-0.39, 0.29) is 10.5 Å². The van der Waals surface area contributed by atoms with Gasteiger partial charge in [0.1, 0.15) is 4.90 Å². The first-order valence-electron chi connectivity index (χ1n) is 4.80. The highest BCUT2D eigenvalue weighted by Crippen LogP contribution is 2.20. The molecule has 0 atom stereocenters. The Hall–Kier alpha value is -1.40. The Morgan fingerprint density at radius 3 is 2.38 bits per heavy atom. The maximum Gasteiger partial charge on any atom is 0.266 e. The normalized spacial score (nSPS) is 15.8. The van der Waals surface area contributed by atoms with Crippen LogP contribution in [0, 0.1) is 0 Å². The summed E-state index contributed by atoms with van der Waals surface area (Å²) in [5, 5.41) is 7.88. The molecular weight excluding hydrogens is 230 g/mol. The number of sulfonamides is 1. The largest absolute Gasteiger partial charge is 0.396 e. The van der Waals surface area contributed by atoms with Crippen LogP contribution in [0.5, 0.6) is 0 Å². The van der Waals surface area contributed by atoms with E-state index >= 15 is 0 Å². The van der Waals surface area contributed by atoms with Gasteiger partial charge in [0.05, 0.1) is 5.56 Å². The molecule has 88 valence electrons. The van der Waals surface area contributed by atoms with Gasteiger partial charge in [-0.05, 0) is 18.6 Å². The molecule has 0 aliphatic carbocycles. The van der Waals surface area contributed by atoms with Gasteiger partial charge in [0.15, 0.2) is 0 Å². The molecule has 1 amide bonds. The van der Waals surface area contributed by atoms with Gasteiger partial charge in [-0.1, -0.05) is 19.1 Å². The van der Waals surface area contributed by atoms with Crippen molar-refractivity contribution in [1.82, 2.24) is 4.72 Å². The highest BCUT2D eigenvalue weighted by molar-refractivity contribution is 7.90. The van der Waals surface area contributed by atoms with Crippen LogP contribution < -0.4 is 4.72 Å². The van der Waals surface area contributed by atoms with Gasteiger partial charge in [-0.3, -0.25) is 4.79 Å². The van der Waals surface area contributed by atoms with Crippen molar-refractivity contribution in [2.75, 3.05) is 6.61 Å². The van der Waals surface area contributed by atoms with Crippen molar-refractivity contribution in [3.8, 4) is 0 Å². The number of aliphatic hydroxyl groups excluding tert-OH is 1. The van der Waals surface area contributed by atoms with Crippen molar-refractivity contribution in [2.24, 2.45) is 0 Å². The second kappa shape index (κ2) is 5.09. The highest BCUT2D eigenvalue weighted by Gasteiger charge is 2.31. The molecule has 1 aromatic rings. The minimum Gasteiger partial charge on any atom is -0.396 e. The number of benzene rings is 1. The molecule has 1 heterocycles. The SMILES string of the molecule is CCCO.O=C1NS(=O)(=O)c2ccccc21. The third-order valence-corrected chi connectivity index (χ3v) is 3.26. The van der Waals surface area contributed by atoms with Crippen LogP contribution in [0.4, 0.5) is 0 Å². The molecule has 1 aliphatic heterocycles. The molecule has 2 rings (SSSR count). The maximum atomic E-state index is 11.1. The fourth-order valence-electron chi connectivity index (χ4n) is 1.12. The molecule has 0 unspecified atom stereocenters. The Morgan fingerprint density at radius 1 is 1.31 bits per heavy atom. The highest BCUT2D eigenvalue weighted by atomic mass is 32.2. The lowest BCUT2D eigenvalue weighted by Crippen LogP contribution is -2.20. The Kier molecular flexibility index (Phi) is 4.03. The van der Waals surface area contributed by atoms with E-state index in [0.717, 1.165) is 6.42 Å². The minimum absolute atomic E-state index is 0.0648. The monoisotopic (exact) mass is 243 g/mol. The summed E-state index contributed by atoms with van der Waals surface area (Å²) in [7, 11) is -3.55. The summed E-state index contributed by atoms with van der Waals surface area (Å²) < 4.78 is 24.2. The van der Waals surface area contributed by atoms with E-state index in [1.54, 1.807) is 12.1 Å². The van der Waals surface area contributed by atoms with Gasteiger partial charge >= 0.3 is 0 Å². The average molecular weight is 243 g/mol. The van der Waals surface area contributed by atoms with Crippen molar-refractivity contribution < 1.29 is 18.3 Å². The molecule has 0 spiro atoms. The molecule has 0 aromatic heterocycles. The summed E-state index contributed by atoms with van der Waals surface area (Å²) in [6.07, 6.45) is 0.875. The topological polar surface area (TPSA) is 83.5 Å². The van der Waals surface area contributed by atoms with Crippen LogP contribution in [0.15, 0.2) is 29.2 Å².